The van der Waals surface area contributed by atoms with Crippen LogP contribution in [0.1, 0.15) is 79.7 Å². The molecule has 0 unspecified atom stereocenters. The summed E-state index contributed by atoms with van der Waals surface area (Å²) >= 11 is 0. The van der Waals surface area contributed by atoms with E-state index in [-0.39, 0.29) is 41.5 Å². The molecule has 0 saturated carbocycles. The fourth-order valence-corrected chi connectivity index (χ4v) is 5.62. The lowest BCUT2D eigenvalue weighted by atomic mass is 10.0. The Kier molecular flexibility index (Phi) is 18.3. The van der Waals surface area contributed by atoms with Crippen molar-refractivity contribution in [1.82, 2.24) is 36.8 Å². The summed E-state index contributed by atoms with van der Waals surface area (Å²) < 4.78 is 0. The van der Waals surface area contributed by atoms with Gasteiger partial charge in [0.25, 0.3) is 5.91 Å². The Balaban J connectivity index is 2.12. The average Bonchev–Trinajstić information content (AvgIpc) is 3.07. The number of hydrogen-bond donors (Lipinski definition) is 6. The van der Waals surface area contributed by atoms with Gasteiger partial charge in [0.1, 0.15) is 18.1 Å². The standard InChI is InChI=1S/C38H61N7O5/c1-9-14-31(36(48)41-30(23-25(3)4)24-40-27(7)34(46)44-33(26(5)6)38(50)39-10-2)43-37(49)32(18-17-28-15-12-11-13-16-28)42-35(47)29-19-21-45(8)22-20-29/h11-13,15-16,19-21,25-27,30-33,40H,9-10,14,17-18,22-24H2,1-8H3,(H,39,50)(H,41,48)(H,42,47)(H,43,49)(H,44,46)/t27-,30-,31-,32-,33-/m0/s1. The van der Waals surface area contributed by atoms with E-state index in [1.165, 1.54) is 0 Å². The van der Waals surface area contributed by atoms with Crippen molar-refractivity contribution in [3.8, 4) is 0 Å². The Hall–Kier alpha value is -4.19. The van der Waals surface area contributed by atoms with Gasteiger partial charge < -0.3 is 36.8 Å². The van der Waals surface area contributed by atoms with Gasteiger partial charge in [-0.25, -0.2) is 0 Å². The van der Waals surface area contributed by atoms with Crippen LogP contribution < -0.4 is 31.9 Å². The maximum atomic E-state index is 13.8. The van der Waals surface area contributed by atoms with Gasteiger partial charge in [-0.15, -0.1) is 0 Å². The number of amides is 5. The van der Waals surface area contributed by atoms with Crippen molar-refractivity contribution >= 4 is 29.5 Å². The van der Waals surface area contributed by atoms with Crippen LogP contribution in [0.15, 0.2) is 54.3 Å². The van der Waals surface area contributed by atoms with Crippen molar-refractivity contribution in [3.05, 3.63) is 59.8 Å². The third kappa shape index (κ3) is 14.7. The number of benzene rings is 1. The predicted molar refractivity (Wildman–Crippen MR) is 198 cm³/mol. The van der Waals surface area contributed by atoms with Gasteiger partial charge in [0, 0.05) is 38.3 Å². The van der Waals surface area contributed by atoms with Gasteiger partial charge >= 0.3 is 0 Å². The molecule has 1 heterocycles. The fourth-order valence-electron chi connectivity index (χ4n) is 5.62. The quantitative estimate of drug-likeness (QED) is 0.115. The van der Waals surface area contributed by atoms with E-state index < -0.39 is 30.1 Å². The summed E-state index contributed by atoms with van der Waals surface area (Å²) in [6, 6.07) is 6.48. The van der Waals surface area contributed by atoms with E-state index in [2.05, 4.69) is 45.7 Å². The number of aryl methyl sites for hydroxylation is 1. The molecule has 1 aliphatic rings. The van der Waals surface area contributed by atoms with Crippen molar-refractivity contribution in [2.45, 2.75) is 111 Å². The second-order valence-corrected chi connectivity index (χ2v) is 13.9. The van der Waals surface area contributed by atoms with E-state index in [1.54, 1.807) is 13.0 Å². The summed E-state index contributed by atoms with van der Waals surface area (Å²) in [5.74, 6) is -1.47. The zero-order valence-corrected chi connectivity index (χ0v) is 31.3. The van der Waals surface area contributed by atoms with E-state index in [9.17, 15) is 24.0 Å². The van der Waals surface area contributed by atoms with Crippen molar-refractivity contribution in [2.24, 2.45) is 11.8 Å². The summed E-state index contributed by atoms with van der Waals surface area (Å²) in [6.07, 6.45) is 7.98. The third-order valence-corrected chi connectivity index (χ3v) is 8.53. The first-order chi connectivity index (χ1) is 23.7. The monoisotopic (exact) mass is 695 g/mol. The molecule has 0 spiro atoms. The maximum Gasteiger partial charge on any atom is 0.251 e. The van der Waals surface area contributed by atoms with Gasteiger partial charge in [-0.2, -0.15) is 0 Å². The largest absolute Gasteiger partial charge is 0.377 e. The number of nitrogens with zero attached hydrogens (tertiary/aromatic N) is 1. The van der Waals surface area contributed by atoms with Gasteiger partial charge in [-0.1, -0.05) is 77.4 Å². The highest BCUT2D eigenvalue weighted by Crippen LogP contribution is 2.11. The first kappa shape index (κ1) is 42.0. The minimum atomic E-state index is -0.856. The third-order valence-electron chi connectivity index (χ3n) is 8.53. The lowest BCUT2D eigenvalue weighted by molar-refractivity contribution is -0.132. The summed E-state index contributed by atoms with van der Waals surface area (Å²) in [5, 5.41) is 17.8. The Morgan fingerprint density at radius 1 is 0.800 bits per heavy atom. The topological polar surface area (TPSA) is 161 Å². The molecule has 50 heavy (non-hydrogen) atoms. The van der Waals surface area contributed by atoms with Crippen molar-refractivity contribution in [3.63, 3.8) is 0 Å². The highest BCUT2D eigenvalue weighted by atomic mass is 16.2. The lowest BCUT2D eigenvalue weighted by Crippen LogP contribution is -2.57. The molecule has 0 aromatic heterocycles. The van der Waals surface area contributed by atoms with Crippen LogP contribution in [0.4, 0.5) is 0 Å². The van der Waals surface area contributed by atoms with Crippen LogP contribution in [0.5, 0.6) is 0 Å². The number of rotatable bonds is 21. The van der Waals surface area contributed by atoms with Gasteiger partial charge in [0.2, 0.25) is 23.6 Å². The zero-order chi connectivity index (χ0) is 37.2. The van der Waals surface area contributed by atoms with Gasteiger partial charge in [-0.3, -0.25) is 24.0 Å². The molecule has 1 aromatic rings. The van der Waals surface area contributed by atoms with Gasteiger partial charge in [0.15, 0.2) is 0 Å². The number of hydrogen-bond acceptors (Lipinski definition) is 7. The molecule has 0 aliphatic carbocycles. The Bertz CT molecular complexity index is 1310. The summed E-state index contributed by atoms with van der Waals surface area (Å²) in [7, 11) is 1.91. The van der Waals surface area contributed by atoms with Gasteiger partial charge in [-0.05, 0) is 69.2 Å². The second-order valence-electron chi connectivity index (χ2n) is 13.9. The summed E-state index contributed by atoms with van der Waals surface area (Å²) in [4.78, 5) is 68.1. The molecular formula is C38H61N7O5. The summed E-state index contributed by atoms with van der Waals surface area (Å²) in [6.45, 7) is 14.7. The van der Waals surface area contributed by atoms with Crippen molar-refractivity contribution in [2.75, 3.05) is 26.7 Å². The molecule has 0 bridgehead atoms. The van der Waals surface area contributed by atoms with E-state index >= 15 is 0 Å². The van der Waals surface area contributed by atoms with Crippen LogP contribution in [0, 0.1) is 11.8 Å². The number of carbonyl (C=O) groups excluding carboxylic acids is 5. The zero-order valence-electron chi connectivity index (χ0n) is 31.3. The molecule has 12 heteroatoms. The Morgan fingerprint density at radius 2 is 1.46 bits per heavy atom. The number of likely N-dealkylation sites (N-methyl/N-ethyl adjacent to an activating group) is 2. The molecule has 278 valence electrons. The molecule has 0 radical (unpaired) electrons. The Morgan fingerprint density at radius 3 is 2.04 bits per heavy atom. The molecule has 5 amide bonds. The molecule has 6 N–H and O–H groups in total. The first-order valence-corrected chi connectivity index (χ1v) is 18.1. The van der Waals surface area contributed by atoms with Crippen LogP contribution in [-0.2, 0) is 30.4 Å². The van der Waals surface area contributed by atoms with E-state index in [0.717, 1.165) is 5.56 Å². The summed E-state index contributed by atoms with van der Waals surface area (Å²) in [5.41, 5.74) is 1.52. The van der Waals surface area contributed by atoms with Crippen LogP contribution in [0.25, 0.3) is 0 Å². The van der Waals surface area contributed by atoms with Crippen LogP contribution in [-0.4, -0.2) is 91.3 Å². The fraction of sp³-hybridized carbons (Fsp3) is 0.605. The highest BCUT2D eigenvalue weighted by Gasteiger charge is 2.30. The SMILES string of the molecule is CCC[C@H](NC(=O)[C@H](CCc1ccccc1)NC(=O)C1=CCN(C)C=C1)C(=O)N[C@H](CN[C@@H](C)C(=O)N[C@H](C(=O)NCC)C(C)C)CC(C)C. The van der Waals surface area contributed by atoms with Gasteiger partial charge in [0.05, 0.1) is 6.04 Å². The van der Waals surface area contributed by atoms with Crippen molar-refractivity contribution in [1.29, 1.82) is 0 Å². The minimum absolute atomic E-state index is 0.0918. The molecule has 1 aromatic carbocycles. The van der Waals surface area contributed by atoms with E-state index in [4.69, 9.17) is 0 Å². The maximum absolute atomic E-state index is 13.8. The van der Waals surface area contributed by atoms with Crippen molar-refractivity contribution < 1.29 is 24.0 Å². The molecule has 0 saturated heterocycles. The van der Waals surface area contributed by atoms with Crippen LogP contribution in [0.2, 0.25) is 0 Å². The lowest BCUT2D eigenvalue weighted by Gasteiger charge is -2.28. The number of carbonyl (C=O) groups is 5. The van der Waals surface area contributed by atoms with E-state index in [1.807, 2.05) is 82.3 Å². The normalized spacial score (nSPS) is 15.7. The molecular weight excluding hydrogens is 634 g/mol. The first-order valence-electron chi connectivity index (χ1n) is 18.1. The van der Waals surface area contributed by atoms with E-state index in [0.29, 0.717) is 57.3 Å². The molecule has 0 fully saturated rings. The molecule has 2 rings (SSSR count). The number of nitrogens with one attached hydrogen (secondary N) is 6. The smallest absolute Gasteiger partial charge is 0.251 e. The Labute approximate surface area is 299 Å². The predicted octanol–water partition coefficient (Wildman–Crippen LogP) is 2.56. The molecule has 1 aliphatic heterocycles. The van der Waals surface area contributed by atoms with Crippen LogP contribution >= 0.6 is 0 Å². The second kappa shape index (κ2) is 21.8. The minimum Gasteiger partial charge on any atom is -0.377 e. The van der Waals surface area contributed by atoms with Crippen LogP contribution in [0.3, 0.4) is 0 Å². The molecule has 5 atom stereocenters. The molecule has 12 nitrogen and oxygen atoms in total. The average molecular weight is 696 g/mol. The highest BCUT2D eigenvalue weighted by molar-refractivity contribution is 6.00.